The molecule has 2 amide bonds. The van der Waals surface area contributed by atoms with Gasteiger partial charge in [0, 0.05) is 25.7 Å². The van der Waals surface area contributed by atoms with Crippen molar-refractivity contribution in [3.63, 3.8) is 0 Å². The molecule has 0 unspecified atom stereocenters. The molecule has 0 bridgehead atoms. The summed E-state index contributed by atoms with van der Waals surface area (Å²) in [4.78, 5) is 25.8. The molecule has 0 aromatic rings. The van der Waals surface area contributed by atoms with Gasteiger partial charge >= 0.3 is 0 Å². The molecule has 0 aromatic heterocycles. The van der Waals surface area contributed by atoms with Crippen LogP contribution in [0.3, 0.4) is 0 Å². The summed E-state index contributed by atoms with van der Waals surface area (Å²) in [6, 6.07) is 0.0609. The van der Waals surface area contributed by atoms with Crippen LogP contribution in [0.4, 0.5) is 0 Å². The topological polar surface area (TPSA) is 95.7 Å². The fourth-order valence-corrected chi connectivity index (χ4v) is 3.13. The summed E-state index contributed by atoms with van der Waals surface area (Å²) in [5.74, 6) is -0.326. The van der Waals surface area contributed by atoms with E-state index in [4.69, 9.17) is 10.8 Å². The summed E-state index contributed by atoms with van der Waals surface area (Å²) < 4.78 is 0. The van der Waals surface area contributed by atoms with Crippen LogP contribution in [-0.2, 0) is 9.59 Å². The van der Waals surface area contributed by atoms with E-state index in [-0.39, 0.29) is 31.0 Å². The second kappa shape index (κ2) is 7.42. The zero-order chi connectivity index (χ0) is 14.8. The van der Waals surface area contributed by atoms with Gasteiger partial charge < -0.3 is 16.2 Å². The molecule has 1 saturated carbocycles. The van der Waals surface area contributed by atoms with E-state index in [1.807, 2.05) is 0 Å². The number of hydrogen-bond donors (Lipinski definition) is 3. The summed E-state index contributed by atoms with van der Waals surface area (Å²) >= 11 is 0. The molecule has 0 aromatic carbocycles. The van der Waals surface area contributed by atoms with E-state index in [1.54, 1.807) is 0 Å². The summed E-state index contributed by atoms with van der Waals surface area (Å²) in [5.41, 5.74) is 4.39. The summed E-state index contributed by atoms with van der Waals surface area (Å²) in [5, 5.41) is 12.1. The van der Waals surface area contributed by atoms with Crippen LogP contribution in [-0.4, -0.2) is 54.1 Å². The molecular formula is C14H26ClN3O3. The number of nitrogens with two attached hydrogens (primary N) is 1. The first-order valence-electron chi connectivity index (χ1n) is 7.47. The van der Waals surface area contributed by atoms with Crippen molar-refractivity contribution < 1.29 is 14.7 Å². The van der Waals surface area contributed by atoms with Crippen LogP contribution >= 0.6 is 12.4 Å². The highest BCUT2D eigenvalue weighted by Gasteiger charge is 2.56. The molecule has 1 heterocycles. The normalized spacial score (nSPS) is 27.0. The molecule has 7 heteroatoms. The molecule has 2 aliphatic rings. The van der Waals surface area contributed by atoms with Crippen molar-refractivity contribution in [3.8, 4) is 0 Å². The van der Waals surface area contributed by atoms with Gasteiger partial charge in [0.05, 0.1) is 6.61 Å². The number of β-amino-alcohol motifs (C(OH)–C–C–N with tert-alkyl or cyclic N) is 1. The third-order valence-electron chi connectivity index (χ3n) is 4.57. The van der Waals surface area contributed by atoms with E-state index in [2.05, 4.69) is 17.1 Å². The van der Waals surface area contributed by atoms with Gasteiger partial charge in [-0.15, -0.1) is 12.4 Å². The van der Waals surface area contributed by atoms with E-state index in [9.17, 15) is 9.59 Å². The Bertz CT molecular complexity index is 388. The van der Waals surface area contributed by atoms with Crippen LogP contribution in [0.25, 0.3) is 0 Å². The van der Waals surface area contributed by atoms with Crippen molar-refractivity contribution in [2.75, 3.05) is 26.2 Å². The summed E-state index contributed by atoms with van der Waals surface area (Å²) in [6.07, 6.45) is 3.24. The third kappa shape index (κ3) is 3.87. The highest BCUT2D eigenvalue weighted by atomic mass is 35.5. The van der Waals surface area contributed by atoms with Gasteiger partial charge in [-0.1, -0.05) is 13.3 Å². The molecule has 2 fully saturated rings. The monoisotopic (exact) mass is 319 g/mol. The lowest BCUT2D eigenvalue weighted by Crippen LogP contribution is -2.47. The van der Waals surface area contributed by atoms with E-state index in [0.29, 0.717) is 25.3 Å². The van der Waals surface area contributed by atoms with Crippen LogP contribution in [0.15, 0.2) is 0 Å². The fourth-order valence-electron chi connectivity index (χ4n) is 3.13. The van der Waals surface area contributed by atoms with Gasteiger partial charge in [-0.3, -0.25) is 14.5 Å². The molecule has 6 nitrogen and oxygen atoms in total. The number of nitrogens with zero attached hydrogens (tertiary/aromatic N) is 1. The molecule has 0 radical (unpaired) electrons. The van der Waals surface area contributed by atoms with Gasteiger partial charge in [0.25, 0.3) is 0 Å². The maximum absolute atomic E-state index is 12.3. The van der Waals surface area contributed by atoms with Gasteiger partial charge in [0.2, 0.25) is 11.8 Å². The average Bonchev–Trinajstić information content (AvgIpc) is 3.12. The van der Waals surface area contributed by atoms with Gasteiger partial charge in [-0.05, 0) is 25.2 Å². The zero-order valence-corrected chi connectivity index (χ0v) is 13.3. The number of carbonyl (C=O) groups excluding carboxylic acids is 2. The average molecular weight is 320 g/mol. The number of nitrogens with one attached hydrogen (secondary N) is 1. The molecule has 2 rings (SSSR count). The Labute approximate surface area is 131 Å². The molecule has 1 aliphatic carbocycles. The molecule has 1 aliphatic heterocycles. The van der Waals surface area contributed by atoms with Gasteiger partial charge in [-0.25, -0.2) is 0 Å². The highest BCUT2D eigenvalue weighted by molar-refractivity contribution is 6.07. The van der Waals surface area contributed by atoms with E-state index >= 15 is 0 Å². The van der Waals surface area contributed by atoms with Gasteiger partial charge in [0.1, 0.15) is 5.41 Å². The largest absolute Gasteiger partial charge is 0.395 e. The smallest absolute Gasteiger partial charge is 0.235 e. The Balaban J connectivity index is 0.00000220. The molecule has 4 N–H and O–H groups in total. The minimum atomic E-state index is -0.943. The number of hydrogen-bond acceptors (Lipinski definition) is 4. The molecule has 2 atom stereocenters. The minimum absolute atomic E-state index is 0. The summed E-state index contributed by atoms with van der Waals surface area (Å²) in [6.45, 7) is 4.52. The second-order valence-electron chi connectivity index (χ2n) is 6.06. The maximum atomic E-state index is 12.3. The Hall–Kier alpha value is -0.850. The number of halogens is 1. The van der Waals surface area contributed by atoms with E-state index < -0.39 is 11.3 Å². The van der Waals surface area contributed by atoms with Crippen molar-refractivity contribution in [1.29, 1.82) is 0 Å². The Morgan fingerprint density at radius 1 is 1.38 bits per heavy atom. The maximum Gasteiger partial charge on any atom is 0.235 e. The van der Waals surface area contributed by atoms with Crippen molar-refractivity contribution in [3.05, 3.63) is 0 Å². The lowest BCUT2D eigenvalue weighted by molar-refractivity contribution is -0.135. The number of primary amides is 1. The number of likely N-dealkylation sites (tertiary alicyclic amines) is 1. The van der Waals surface area contributed by atoms with Crippen molar-refractivity contribution in [1.82, 2.24) is 10.2 Å². The first kappa shape index (κ1) is 18.2. The zero-order valence-electron chi connectivity index (χ0n) is 12.5. The Kier molecular flexibility index (Phi) is 6.43. The molecule has 21 heavy (non-hydrogen) atoms. The second-order valence-corrected chi connectivity index (χ2v) is 6.06. The Morgan fingerprint density at radius 3 is 2.52 bits per heavy atom. The number of aliphatic hydroxyl groups excluding tert-OH is 1. The first-order valence-corrected chi connectivity index (χ1v) is 7.47. The predicted octanol–water partition coefficient (Wildman–Crippen LogP) is -0.117. The number of rotatable bonds is 7. The van der Waals surface area contributed by atoms with Crippen LogP contribution in [0, 0.1) is 11.3 Å². The Morgan fingerprint density at radius 2 is 2.05 bits per heavy atom. The van der Waals surface area contributed by atoms with Crippen LogP contribution in [0.5, 0.6) is 0 Å². The molecule has 122 valence electrons. The number of carbonyl (C=O) groups is 2. The van der Waals surface area contributed by atoms with Crippen molar-refractivity contribution in [2.45, 2.75) is 38.6 Å². The third-order valence-corrected chi connectivity index (χ3v) is 4.57. The van der Waals surface area contributed by atoms with Crippen molar-refractivity contribution >= 4 is 24.2 Å². The number of amides is 2. The van der Waals surface area contributed by atoms with Gasteiger partial charge in [0.15, 0.2) is 0 Å². The molecule has 1 saturated heterocycles. The highest BCUT2D eigenvalue weighted by Crippen LogP contribution is 2.45. The lowest BCUT2D eigenvalue weighted by Gasteiger charge is -2.21. The SMILES string of the molecule is CCC[C@H]1CN(CCO)C[C@@H]1NC(=O)C1(C(N)=O)CC1.Cl. The number of aliphatic hydroxyl groups is 1. The van der Waals surface area contributed by atoms with Gasteiger partial charge in [-0.2, -0.15) is 0 Å². The predicted molar refractivity (Wildman–Crippen MR) is 82.0 cm³/mol. The first-order chi connectivity index (χ1) is 9.53. The lowest BCUT2D eigenvalue weighted by atomic mass is 9.97. The molecular weight excluding hydrogens is 294 g/mol. The van der Waals surface area contributed by atoms with Crippen LogP contribution < -0.4 is 11.1 Å². The van der Waals surface area contributed by atoms with E-state index in [0.717, 1.165) is 25.9 Å². The molecule has 0 spiro atoms. The van der Waals surface area contributed by atoms with Crippen LogP contribution in [0.2, 0.25) is 0 Å². The fraction of sp³-hybridized carbons (Fsp3) is 0.857. The standard InChI is InChI=1S/C14H25N3O3.ClH/c1-2-3-10-8-17(6-7-18)9-11(10)16-13(20)14(4-5-14)12(15)19;/h10-11,18H,2-9H2,1H3,(H2,15,19)(H,16,20);1H/t10-,11-;/m0./s1. The quantitative estimate of drug-likeness (QED) is 0.570. The van der Waals surface area contributed by atoms with Crippen molar-refractivity contribution in [2.24, 2.45) is 17.1 Å². The minimum Gasteiger partial charge on any atom is -0.395 e. The summed E-state index contributed by atoms with van der Waals surface area (Å²) in [7, 11) is 0. The van der Waals surface area contributed by atoms with E-state index in [1.165, 1.54) is 0 Å². The van der Waals surface area contributed by atoms with Crippen LogP contribution in [0.1, 0.15) is 32.6 Å².